The van der Waals surface area contributed by atoms with Gasteiger partial charge in [0.2, 0.25) is 17.7 Å². The first kappa shape index (κ1) is 28.3. The summed E-state index contributed by atoms with van der Waals surface area (Å²) in [7, 11) is 0. The van der Waals surface area contributed by atoms with Crippen molar-refractivity contribution in [2.45, 2.75) is 71.4 Å². The Bertz CT molecular complexity index is 692. The number of carbonyl (C=O) groups is 5. The maximum absolute atomic E-state index is 12.5. The van der Waals surface area contributed by atoms with E-state index in [9.17, 15) is 29.1 Å². The zero-order valence-corrected chi connectivity index (χ0v) is 19.8. The van der Waals surface area contributed by atoms with Crippen molar-refractivity contribution in [2.75, 3.05) is 26.2 Å². The highest BCUT2D eigenvalue weighted by molar-refractivity contribution is 5.94. The van der Waals surface area contributed by atoms with Crippen molar-refractivity contribution in [2.24, 2.45) is 11.8 Å². The van der Waals surface area contributed by atoms with Crippen LogP contribution < -0.4 is 16.0 Å². The lowest BCUT2D eigenvalue weighted by molar-refractivity contribution is -0.144. The molecule has 33 heavy (non-hydrogen) atoms. The first-order chi connectivity index (χ1) is 15.5. The van der Waals surface area contributed by atoms with Gasteiger partial charge in [0.05, 0.1) is 13.0 Å². The van der Waals surface area contributed by atoms with Gasteiger partial charge in [0, 0.05) is 13.0 Å². The molecule has 1 heterocycles. The summed E-state index contributed by atoms with van der Waals surface area (Å²) < 4.78 is 0. The fraction of sp³-hybridized carbons (Fsp3) is 0.773. The lowest BCUT2D eigenvalue weighted by Gasteiger charge is -2.25. The molecule has 1 fully saturated rings. The van der Waals surface area contributed by atoms with Crippen molar-refractivity contribution in [1.82, 2.24) is 20.9 Å². The van der Waals surface area contributed by atoms with Crippen LogP contribution in [-0.2, 0) is 24.0 Å². The number of rotatable bonds is 14. The summed E-state index contributed by atoms with van der Waals surface area (Å²) in [5.41, 5.74) is 0. The number of piperidine rings is 1. The molecule has 1 rings (SSSR count). The molecule has 1 aliphatic rings. The van der Waals surface area contributed by atoms with Gasteiger partial charge in [-0.25, -0.2) is 4.79 Å². The number of nitrogens with one attached hydrogen (secondary N) is 3. The standard InChI is InChI=1S/C22H38N4O7/c1-4-26(18(28)7-5-6-15-8-10-23-11-9-15)13-17(27)24-16(12-19(29)30)21(31)25-20(14(2)3)22(32)33/h14-16,20,23H,4-13H2,1-3H3,(H,24,27)(H,25,31)(H,29,30)(H,32,33)/t16-,20-/m1/s1. The highest BCUT2D eigenvalue weighted by Crippen LogP contribution is 2.19. The van der Waals surface area contributed by atoms with E-state index >= 15 is 0 Å². The minimum atomic E-state index is -1.45. The van der Waals surface area contributed by atoms with Gasteiger partial charge in [0.15, 0.2) is 0 Å². The third-order valence-corrected chi connectivity index (χ3v) is 5.79. The van der Waals surface area contributed by atoms with Crippen LogP contribution >= 0.6 is 0 Å². The number of hydrogen-bond donors (Lipinski definition) is 5. The Morgan fingerprint density at radius 1 is 1.06 bits per heavy atom. The molecule has 0 aromatic carbocycles. The number of carboxylic acids is 2. The van der Waals surface area contributed by atoms with E-state index in [1.807, 2.05) is 0 Å². The van der Waals surface area contributed by atoms with Crippen molar-refractivity contribution >= 4 is 29.7 Å². The van der Waals surface area contributed by atoms with Crippen molar-refractivity contribution < 1.29 is 34.2 Å². The smallest absolute Gasteiger partial charge is 0.326 e. The molecule has 0 saturated carbocycles. The monoisotopic (exact) mass is 470 g/mol. The molecule has 0 aliphatic carbocycles. The topological polar surface area (TPSA) is 165 Å². The predicted molar refractivity (Wildman–Crippen MR) is 120 cm³/mol. The Hall–Kier alpha value is -2.69. The summed E-state index contributed by atoms with van der Waals surface area (Å²) in [5, 5.41) is 26.3. The molecule has 0 radical (unpaired) electrons. The van der Waals surface area contributed by atoms with Crippen LogP contribution in [0.1, 0.15) is 59.3 Å². The fourth-order valence-corrected chi connectivity index (χ4v) is 3.81. The van der Waals surface area contributed by atoms with E-state index in [0.717, 1.165) is 38.8 Å². The number of likely N-dealkylation sites (N-methyl/N-ethyl adjacent to an activating group) is 1. The highest BCUT2D eigenvalue weighted by atomic mass is 16.4. The van der Waals surface area contributed by atoms with Gasteiger partial charge in [-0.15, -0.1) is 0 Å². The number of carbonyl (C=O) groups excluding carboxylic acids is 3. The van der Waals surface area contributed by atoms with Crippen LogP contribution in [-0.4, -0.2) is 83.0 Å². The second kappa shape index (κ2) is 14.5. The minimum absolute atomic E-state index is 0.174. The van der Waals surface area contributed by atoms with Crippen LogP contribution in [0, 0.1) is 11.8 Å². The normalized spacial score (nSPS) is 16.0. The highest BCUT2D eigenvalue weighted by Gasteiger charge is 2.30. The van der Waals surface area contributed by atoms with E-state index in [1.54, 1.807) is 20.8 Å². The molecule has 188 valence electrons. The second-order valence-electron chi connectivity index (χ2n) is 8.78. The van der Waals surface area contributed by atoms with Gasteiger partial charge in [0.25, 0.3) is 0 Å². The van der Waals surface area contributed by atoms with Crippen LogP contribution in [0.5, 0.6) is 0 Å². The molecule has 5 N–H and O–H groups in total. The maximum Gasteiger partial charge on any atom is 0.326 e. The Morgan fingerprint density at radius 2 is 1.70 bits per heavy atom. The average Bonchev–Trinajstić information content (AvgIpc) is 2.75. The summed E-state index contributed by atoms with van der Waals surface area (Å²) in [6.07, 6.45) is 3.49. The zero-order chi connectivity index (χ0) is 25.0. The number of carboxylic acid groups (broad SMARTS) is 2. The molecule has 0 bridgehead atoms. The minimum Gasteiger partial charge on any atom is -0.481 e. The summed E-state index contributed by atoms with van der Waals surface area (Å²) in [6, 6.07) is -2.68. The van der Waals surface area contributed by atoms with Crippen LogP contribution in [0.15, 0.2) is 0 Å². The van der Waals surface area contributed by atoms with Gasteiger partial charge >= 0.3 is 11.9 Å². The summed E-state index contributed by atoms with van der Waals surface area (Å²) in [5.74, 6) is -4.17. The second-order valence-corrected chi connectivity index (χ2v) is 8.78. The largest absolute Gasteiger partial charge is 0.481 e. The summed E-state index contributed by atoms with van der Waals surface area (Å²) in [4.78, 5) is 61.4. The molecule has 11 heteroatoms. The first-order valence-electron chi connectivity index (χ1n) is 11.6. The van der Waals surface area contributed by atoms with Crippen LogP contribution in [0.4, 0.5) is 0 Å². The number of aliphatic carboxylic acids is 2. The van der Waals surface area contributed by atoms with Gasteiger partial charge in [0.1, 0.15) is 12.1 Å². The molecule has 0 unspecified atom stereocenters. The van der Waals surface area contributed by atoms with Crippen molar-refractivity contribution in [1.29, 1.82) is 0 Å². The van der Waals surface area contributed by atoms with E-state index < -0.39 is 48.2 Å². The molecule has 2 atom stereocenters. The van der Waals surface area contributed by atoms with Gasteiger partial charge < -0.3 is 31.1 Å². The van der Waals surface area contributed by atoms with Crippen molar-refractivity contribution in [3.63, 3.8) is 0 Å². The lowest BCUT2D eigenvalue weighted by Crippen LogP contribution is -2.55. The SMILES string of the molecule is CCN(CC(=O)N[C@H](CC(=O)O)C(=O)N[C@@H](C(=O)O)C(C)C)C(=O)CCCC1CCNCC1. The van der Waals surface area contributed by atoms with Crippen LogP contribution in [0.25, 0.3) is 0 Å². The average molecular weight is 471 g/mol. The van der Waals surface area contributed by atoms with Gasteiger partial charge in [-0.3, -0.25) is 19.2 Å². The van der Waals surface area contributed by atoms with Crippen LogP contribution in [0.2, 0.25) is 0 Å². The number of hydrogen-bond acceptors (Lipinski definition) is 6. The molecule has 11 nitrogen and oxygen atoms in total. The molecule has 1 saturated heterocycles. The quantitative estimate of drug-likeness (QED) is 0.240. The Morgan fingerprint density at radius 3 is 2.21 bits per heavy atom. The van der Waals surface area contributed by atoms with E-state index in [1.165, 1.54) is 4.90 Å². The molecular weight excluding hydrogens is 432 g/mol. The first-order valence-corrected chi connectivity index (χ1v) is 11.6. The van der Waals surface area contributed by atoms with Gasteiger partial charge in [-0.1, -0.05) is 13.8 Å². The number of nitrogens with zero attached hydrogens (tertiary/aromatic N) is 1. The predicted octanol–water partition coefficient (Wildman–Crippen LogP) is 0.190. The summed E-state index contributed by atoms with van der Waals surface area (Å²) >= 11 is 0. The van der Waals surface area contributed by atoms with Gasteiger partial charge in [-0.05, 0) is 57.5 Å². The zero-order valence-electron chi connectivity index (χ0n) is 19.8. The summed E-state index contributed by atoms with van der Waals surface area (Å²) in [6.45, 7) is 6.91. The molecule has 3 amide bonds. The van der Waals surface area contributed by atoms with E-state index in [4.69, 9.17) is 5.11 Å². The Balaban J connectivity index is 2.63. The van der Waals surface area contributed by atoms with Crippen LogP contribution in [0.3, 0.4) is 0 Å². The molecule has 0 spiro atoms. The third-order valence-electron chi connectivity index (χ3n) is 5.79. The van der Waals surface area contributed by atoms with Crippen molar-refractivity contribution in [3.8, 4) is 0 Å². The van der Waals surface area contributed by atoms with Gasteiger partial charge in [-0.2, -0.15) is 0 Å². The Kier molecular flexibility index (Phi) is 12.4. The van der Waals surface area contributed by atoms with E-state index in [0.29, 0.717) is 18.9 Å². The molecular formula is C22H38N4O7. The molecule has 0 aromatic heterocycles. The van der Waals surface area contributed by atoms with E-state index in [-0.39, 0.29) is 12.5 Å². The molecule has 1 aliphatic heterocycles. The lowest BCUT2D eigenvalue weighted by atomic mass is 9.92. The fourth-order valence-electron chi connectivity index (χ4n) is 3.81. The van der Waals surface area contributed by atoms with E-state index in [2.05, 4.69) is 16.0 Å². The molecule has 0 aromatic rings. The number of amides is 3. The third kappa shape index (κ3) is 10.6. The Labute approximate surface area is 194 Å². The van der Waals surface area contributed by atoms with Crippen molar-refractivity contribution in [3.05, 3.63) is 0 Å². The maximum atomic E-state index is 12.5.